The number of carboxylic acids is 1. The van der Waals surface area contributed by atoms with Gasteiger partial charge in [-0.05, 0) is 12.1 Å². The first-order chi connectivity index (χ1) is 9.47. The van der Waals surface area contributed by atoms with E-state index in [4.69, 9.17) is 14.6 Å². The second-order valence-electron chi connectivity index (χ2n) is 4.05. The Hall–Kier alpha value is -2.28. The fraction of sp³-hybridized carbons (Fsp3) is 0.385. The lowest BCUT2D eigenvalue weighted by Gasteiger charge is -2.14. The maximum atomic E-state index is 11.9. The summed E-state index contributed by atoms with van der Waals surface area (Å²) < 4.78 is 9.85. The maximum Gasteiger partial charge on any atom is 0.306 e. The highest BCUT2D eigenvalue weighted by Gasteiger charge is 2.16. The molecule has 0 bridgehead atoms. The maximum absolute atomic E-state index is 11.9. The van der Waals surface area contributed by atoms with Gasteiger partial charge in [0, 0.05) is 19.7 Å². The van der Waals surface area contributed by atoms with Gasteiger partial charge >= 0.3 is 5.97 Å². The predicted octanol–water partition coefficient (Wildman–Crippen LogP) is 0.620. The zero-order valence-corrected chi connectivity index (χ0v) is 11.3. The highest BCUT2D eigenvalue weighted by molar-refractivity contribution is 5.97. The Morgan fingerprint density at radius 1 is 1.35 bits per heavy atom. The zero-order chi connectivity index (χ0) is 15.1. The molecule has 0 aliphatic heterocycles. The van der Waals surface area contributed by atoms with Crippen LogP contribution in [-0.4, -0.2) is 49.0 Å². The number of amides is 1. The van der Waals surface area contributed by atoms with Crippen molar-refractivity contribution in [3.05, 3.63) is 23.8 Å². The van der Waals surface area contributed by atoms with Gasteiger partial charge in [0.2, 0.25) is 0 Å². The van der Waals surface area contributed by atoms with Crippen LogP contribution in [0.15, 0.2) is 18.2 Å². The number of phenols is 1. The van der Waals surface area contributed by atoms with Crippen molar-refractivity contribution in [3.8, 4) is 11.5 Å². The van der Waals surface area contributed by atoms with Crippen molar-refractivity contribution in [1.29, 1.82) is 0 Å². The van der Waals surface area contributed by atoms with Crippen LogP contribution >= 0.6 is 0 Å². The molecular weight excluding hydrogens is 266 g/mol. The van der Waals surface area contributed by atoms with Gasteiger partial charge in [0.05, 0.1) is 25.2 Å². The molecule has 0 aromatic heterocycles. The van der Waals surface area contributed by atoms with Crippen LogP contribution in [0.4, 0.5) is 0 Å². The van der Waals surface area contributed by atoms with Gasteiger partial charge in [-0.2, -0.15) is 0 Å². The number of rotatable bonds is 7. The Kier molecular flexibility index (Phi) is 5.79. The lowest BCUT2D eigenvalue weighted by molar-refractivity contribution is -0.139. The Morgan fingerprint density at radius 2 is 2.05 bits per heavy atom. The quantitative estimate of drug-likeness (QED) is 0.677. The van der Waals surface area contributed by atoms with Crippen molar-refractivity contribution in [1.82, 2.24) is 5.32 Å². The van der Waals surface area contributed by atoms with Crippen molar-refractivity contribution in [2.75, 3.05) is 20.8 Å². The van der Waals surface area contributed by atoms with Crippen LogP contribution in [0.25, 0.3) is 0 Å². The number of methoxy groups -OCH3 is 2. The largest absolute Gasteiger partial charge is 0.507 e. The summed E-state index contributed by atoms with van der Waals surface area (Å²) in [5, 5.41) is 20.9. The summed E-state index contributed by atoms with van der Waals surface area (Å²) in [5.74, 6) is -1.32. The van der Waals surface area contributed by atoms with Crippen molar-refractivity contribution < 1.29 is 29.3 Å². The van der Waals surface area contributed by atoms with Crippen LogP contribution in [0.2, 0.25) is 0 Å². The van der Waals surface area contributed by atoms with Crippen LogP contribution in [0.5, 0.6) is 11.5 Å². The molecule has 1 aromatic rings. The number of hydrogen-bond donors (Lipinski definition) is 3. The van der Waals surface area contributed by atoms with Crippen molar-refractivity contribution in [2.24, 2.45) is 0 Å². The van der Waals surface area contributed by atoms with E-state index in [0.717, 1.165) is 0 Å². The molecule has 0 spiro atoms. The van der Waals surface area contributed by atoms with Crippen molar-refractivity contribution >= 4 is 11.9 Å². The zero-order valence-electron chi connectivity index (χ0n) is 11.3. The molecule has 0 fully saturated rings. The van der Waals surface area contributed by atoms with E-state index in [1.54, 1.807) is 6.07 Å². The second-order valence-corrected chi connectivity index (χ2v) is 4.05. The Bertz CT molecular complexity index is 488. The average molecular weight is 283 g/mol. The van der Waals surface area contributed by atoms with Gasteiger partial charge in [-0.25, -0.2) is 0 Å². The third-order valence-electron chi connectivity index (χ3n) is 2.68. The van der Waals surface area contributed by atoms with Crippen LogP contribution in [0.1, 0.15) is 16.8 Å². The first kappa shape index (κ1) is 15.8. The molecule has 1 atom stereocenters. The standard InChI is InChI=1S/C13H17NO6/c1-19-8-3-4-10(11(15)5-8)13(18)14-7-9(20-2)6-12(16)17/h3-5,9,15H,6-7H2,1-2H3,(H,14,18)(H,16,17). The van der Waals surface area contributed by atoms with E-state index in [-0.39, 0.29) is 24.3 Å². The van der Waals surface area contributed by atoms with E-state index < -0.39 is 18.0 Å². The Labute approximate surface area is 116 Å². The molecule has 0 aliphatic rings. The Balaban J connectivity index is 2.64. The third-order valence-corrected chi connectivity index (χ3v) is 2.68. The molecule has 0 saturated carbocycles. The summed E-state index contributed by atoms with van der Waals surface area (Å²) in [6.45, 7) is 0.0348. The smallest absolute Gasteiger partial charge is 0.306 e. The molecule has 1 rings (SSSR count). The van der Waals surface area contributed by atoms with Crippen molar-refractivity contribution in [3.63, 3.8) is 0 Å². The summed E-state index contributed by atoms with van der Waals surface area (Å²) in [4.78, 5) is 22.4. The monoisotopic (exact) mass is 283 g/mol. The molecule has 1 amide bonds. The number of nitrogens with one attached hydrogen (secondary N) is 1. The average Bonchev–Trinajstić information content (AvgIpc) is 2.42. The molecular formula is C13H17NO6. The number of ether oxygens (including phenoxy) is 2. The number of carboxylic acid groups (broad SMARTS) is 1. The number of phenolic OH excluding ortho intramolecular Hbond substituents is 1. The first-order valence-electron chi connectivity index (χ1n) is 5.87. The molecule has 110 valence electrons. The molecule has 0 saturated heterocycles. The molecule has 1 unspecified atom stereocenters. The van der Waals surface area contributed by atoms with Gasteiger partial charge in [0.15, 0.2) is 0 Å². The molecule has 0 aliphatic carbocycles. The van der Waals surface area contributed by atoms with Crippen LogP contribution in [-0.2, 0) is 9.53 Å². The molecule has 1 aromatic carbocycles. The normalized spacial score (nSPS) is 11.7. The van der Waals surface area contributed by atoms with Crippen LogP contribution < -0.4 is 10.1 Å². The highest BCUT2D eigenvalue weighted by Crippen LogP contribution is 2.23. The summed E-state index contributed by atoms with van der Waals surface area (Å²) in [5.41, 5.74) is 0.0796. The summed E-state index contributed by atoms with van der Waals surface area (Å²) in [6, 6.07) is 4.28. The highest BCUT2D eigenvalue weighted by atomic mass is 16.5. The van der Waals surface area contributed by atoms with E-state index in [0.29, 0.717) is 5.75 Å². The number of benzene rings is 1. The topological polar surface area (TPSA) is 105 Å². The first-order valence-corrected chi connectivity index (χ1v) is 5.87. The fourth-order valence-electron chi connectivity index (χ4n) is 1.57. The van der Waals surface area contributed by atoms with Gasteiger partial charge in [-0.15, -0.1) is 0 Å². The lowest BCUT2D eigenvalue weighted by Crippen LogP contribution is -2.34. The van der Waals surface area contributed by atoms with Gasteiger partial charge in [0.25, 0.3) is 5.91 Å². The molecule has 0 heterocycles. The van der Waals surface area contributed by atoms with Crippen molar-refractivity contribution in [2.45, 2.75) is 12.5 Å². The molecule has 20 heavy (non-hydrogen) atoms. The Morgan fingerprint density at radius 3 is 2.55 bits per heavy atom. The van der Waals surface area contributed by atoms with Gasteiger partial charge in [0.1, 0.15) is 11.5 Å². The number of carbonyl (C=O) groups is 2. The van der Waals surface area contributed by atoms with Gasteiger partial charge in [-0.3, -0.25) is 9.59 Å². The number of aliphatic carboxylic acids is 1. The van der Waals surface area contributed by atoms with E-state index in [2.05, 4.69) is 5.32 Å². The minimum atomic E-state index is -1.02. The summed E-state index contributed by atoms with van der Waals surface area (Å²) >= 11 is 0. The third kappa shape index (κ3) is 4.43. The molecule has 7 nitrogen and oxygen atoms in total. The second kappa shape index (κ2) is 7.34. The minimum Gasteiger partial charge on any atom is -0.507 e. The van der Waals surface area contributed by atoms with E-state index in [1.165, 1.54) is 26.4 Å². The lowest BCUT2D eigenvalue weighted by atomic mass is 10.1. The SMILES string of the molecule is COc1ccc(C(=O)NCC(CC(=O)O)OC)c(O)c1. The van der Waals surface area contributed by atoms with E-state index >= 15 is 0 Å². The summed E-state index contributed by atoms with van der Waals surface area (Å²) in [6.07, 6.45) is -0.845. The number of aromatic hydroxyl groups is 1. The van der Waals surface area contributed by atoms with E-state index in [1.807, 2.05) is 0 Å². The van der Waals surface area contributed by atoms with Gasteiger partial charge < -0.3 is 25.0 Å². The molecule has 0 radical (unpaired) electrons. The minimum absolute atomic E-state index is 0.0348. The van der Waals surface area contributed by atoms with E-state index in [9.17, 15) is 14.7 Å². The molecule has 3 N–H and O–H groups in total. The molecule has 7 heteroatoms. The number of carbonyl (C=O) groups excluding carboxylic acids is 1. The predicted molar refractivity (Wildman–Crippen MR) is 70.0 cm³/mol. The van der Waals surface area contributed by atoms with Crippen LogP contribution in [0, 0.1) is 0 Å². The number of hydrogen-bond acceptors (Lipinski definition) is 5. The van der Waals surface area contributed by atoms with Gasteiger partial charge in [-0.1, -0.05) is 0 Å². The fourth-order valence-corrected chi connectivity index (χ4v) is 1.57. The summed E-state index contributed by atoms with van der Waals surface area (Å²) in [7, 11) is 2.81. The van der Waals surface area contributed by atoms with Crippen LogP contribution in [0.3, 0.4) is 0 Å².